The predicted molar refractivity (Wildman–Crippen MR) is 101 cm³/mol. The number of nitrogens with zero attached hydrogens (tertiary/aromatic N) is 1. The lowest BCUT2D eigenvalue weighted by Crippen LogP contribution is -2.37. The smallest absolute Gasteiger partial charge is 0.412 e. The first-order chi connectivity index (χ1) is 12.1. The van der Waals surface area contributed by atoms with Gasteiger partial charge in [-0.15, -0.1) is 0 Å². The summed E-state index contributed by atoms with van der Waals surface area (Å²) in [4.78, 5) is 14.6. The SMILES string of the molecule is CCCCOc1ccccc1NC(=O)O[C@H]1CCCC[C@@H]1CN(C)C. The van der Waals surface area contributed by atoms with E-state index in [0.29, 0.717) is 24.0 Å². The third kappa shape index (κ3) is 6.58. The number of hydrogen-bond acceptors (Lipinski definition) is 4. The van der Waals surface area contributed by atoms with Gasteiger partial charge in [0, 0.05) is 12.5 Å². The van der Waals surface area contributed by atoms with E-state index in [1.807, 2.05) is 24.3 Å². The normalized spacial score (nSPS) is 20.3. The molecule has 1 saturated carbocycles. The summed E-state index contributed by atoms with van der Waals surface area (Å²) in [6.07, 6.45) is 6.08. The second-order valence-corrected chi connectivity index (χ2v) is 7.07. The molecule has 1 N–H and O–H groups in total. The van der Waals surface area contributed by atoms with Gasteiger partial charge in [-0.05, 0) is 51.9 Å². The highest BCUT2D eigenvalue weighted by Crippen LogP contribution is 2.29. The second kappa shape index (κ2) is 10.3. The number of unbranched alkanes of at least 4 members (excludes halogenated alkanes) is 1. The second-order valence-electron chi connectivity index (χ2n) is 7.07. The van der Waals surface area contributed by atoms with E-state index in [1.54, 1.807) is 0 Å². The molecular weight excluding hydrogens is 316 g/mol. The molecule has 0 aliphatic heterocycles. The van der Waals surface area contributed by atoms with Crippen LogP contribution in [0.4, 0.5) is 10.5 Å². The Labute approximate surface area is 151 Å². The van der Waals surface area contributed by atoms with Crippen LogP contribution >= 0.6 is 0 Å². The van der Waals surface area contributed by atoms with Crippen molar-refractivity contribution in [3.8, 4) is 5.75 Å². The fourth-order valence-electron chi connectivity index (χ4n) is 3.31. The number of rotatable bonds is 8. The molecule has 2 atom stereocenters. The lowest BCUT2D eigenvalue weighted by atomic mass is 9.86. The zero-order chi connectivity index (χ0) is 18.1. The number of carbonyl (C=O) groups excluding carboxylic acids is 1. The molecule has 1 aromatic rings. The number of hydrogen-bond donors (Lipinski definition) is 1. The van der Waals surface area contributed by atoms with E-state index in [4.69, 9.17) is 9.47 Å². The summed E-state index contributed by atoms with van der Waals surface area (Å²) < 4.78 is 11.5. The Morgan fingerprint density at radius 3 is 2.76 bits per heavy atom. The van der Waals surface area contributed by atoms with E-state index in [0.717, 1.165) is 38.6 Å². The summed E-state index contributed by atoms with van der Waals surface area (Å²) in [5, 5.41) is 2.86. The van der Waals surface area contributed by atoms with Crippen molar-refractivity contribution in [1.29, 1.82) is 0 Å². The van der Waals surface area contributed by atoms with E-state index in [1.165, 1.54) is 6.42 Å². The zero-order valence-corrected chi connectivity index (χ0v) is 15.8. The Morgan fingerprint density at radius 1 is 1.24 bits per heavy atom. The van der Waals surface area contributed by atoms with Crippen LogP contribution in [0.5, 0.6) is 5.75 Å². The maximum absolute atomic E-state index is 12.4. The molecule has 0 radical (unpaired) electrons. The number of amides is 1. The van der Waals surface area contributed by atoms with Crippen molar-refractivity contribution >= 4 is 11.8 Å². The fraction of sp³-hybridized carbons (Fsp3) is 0.650. The van der Waals surface area contributed by atoms with Crippen molar-refractivity contribution in [3.05, 3.63) is 24.3 Å². The van der Waals surface area contributed by atoms with Gasteiger partial charge in [-0.25, -0.2) is 4.79 Å². The van der Waals surface area contributed by atoms with E-state index in [-0.39, 0.29) is 12.2 Å². The van der Waals surface area contributed by atoms with Crippen LogP contribution in [-0.2, 0) is 4.74 Å². The molecule has 1 aliphatic carbocycles. The van der Waals surface area contributed by atoms with Crippen molar-refractivity contribution in [3.63, 3.8) is 0 Å². The number of nitrogens with one attached hydrogen (secondary N) is 1. The minimum Gasteiger partial charge on any atom is -0.491 e. The summed E-state index contributed by atoms with van der Waals surface area (Å²) in [7, 11) is 4.13. The van der Waals surface area contributed by atoms with Gasteiger partial charge < -0.3 is 14.4 Å². The molecule has 1 aromatic carbocycles. The molecule has 1 fully saturated rings. The monoisotopic (exact) mass is 348 g/mol. The summed E-state index contributed by atoms with van der Waals surface area (Å²) in [6, 6.07) is 7.52. The molecule has 5 heteroatoms. The van der Waals surface area contributed by atoms with Gasteiger partial charge in [0.15, 0.2) is 0 Å². The maximum atomic E-state index is 12.4. The third-order valence-corrected chi connectivity index (χ3v) is 4.58. The maximum Gasteiger partial charge on any atom is 0.412 e. The summed E-state index contributed by atoms with van der Waals surface area (Å²) >= 11 is 0. The fourth-order valence-corrected chi connectivity index (χ4v) is 3.31. The topological polar surface area (TPSA) is 50.8 Å². The molecule has 0 unspecified atom stereocenters. The van der Waals surface area contributed by atoms with E-state index in [2.05, 4.69) is 31.2 Å². The van der Waals surface area contributed by atoms with E-state index in [9.17, 15) is 4.79 Å². The number of anilines is 1. The van der Waals surface area contributed by atoms with Crippen molar-refractivity contribution in [2.45, 2.75) is 51.6 Å². The zero-order valence-electron chi connectivity index (χ0n) is 15.8. The molecule has 140 valence electrons. The average Bonchev–Trinajstić information content (AvgIpc) is 2.58. The Bertz CT molecular complexity index is 533. The van der Waals surface area contributed by atoms with Crippen LogP contribution in [0.1, 0.15) is 45.4 Å². The van der Waals surface area contributed by atoms with Crippen LogP contribution in [0.25, 0.3) is 0 Å². The molecule has 5 nitrogen and oxygen atoms in total. The van der Waals surface area contributed by atoms with Crippen LogP contribution in [0.3, 0.4) is 0 Å². The summed E-state index contributed by atoms with van der Waals surface area (Å²) in [5.74, 6) is 1.10. The Morgan fingerprint density at radius 2 is 2.00 bits per heavy atom. The Kier molecular flexibility index (Phi) is 8.06. The van der Waals surface area contributed by atoms with Crippen LogP contribution in [-0.4, -0.2) is 44.3 Å². The van der Waals surface area contributed by atoms with Gasteiger partial charge >= 0.3 is 6.09 Å². The molecular formula is C20H32N2O3. The molecule has 1 amide bonds. The molecule has 0 aromatic heterocycles. The highest BCUT2D eigenvalue weighted by Gasteiger charge is 2.28. The largest absolute Gasteiger partial charge is 0.491 e. The first kappa shape index (κ1) is 19.6. The minimum absolute atomic E-state index is 0.00989. The number of para-hydroxylation sites is 2. The van der Waals surface area contributed by atoms with Gasteiger partial charge in [0.05, 0.1) is 12.3 Å². The molecule has 25 heavy (non-hydrogen) atoms. The first-order valence-electron chi connectivity index (χ1n) is 9.44. The molecule has 2 rings (SSSR count). The number of benzene rings is 1. The van der Waals surface area contributed by atoms with E-state index >= 15 is 0 Å². The summed E-state index contributed by atoms with van der Waals surface area (Å²) in [6.45, 7) is 3.73. The van der Waals surface area contributed by atoms with Gasteiger partial charge in [-0.2, -0.15) is 0 Å². The van der Waals surface area contributed by atoms with Gasteiger partial charge in [-0.3, -0.25) is 5.32 Å². The number of carbonyl (C=O) groups is 1. The van der Waals surface area contributed by atoms with Gasteiger partial charge in [0.1, 0.15) is 11.9 Å². The molecule has 0 heterocycles. The minimum atomic E-state index is -0.387. The van der Waals surface area contributed by atoms with Gasteiger partial charge in [0.2, 0.25) is 0 Å². The quantitative estimate of drug-likeness (QED) is 0.701. The predicted octanol–water partition coefficient (Wildman–Crippen LogP) is 4.53. The highest BCUT2D eigenvalue weighted by atomic mass is 16.6. The van der Waals surface area contributed by atoms with Gasteiger partial charge in [-0.1, -0.05) is 31.9 Å². The lowest BCUT2D eigenvalue weighted by Gasteiger charge is -2.32. The first-order valence-corrected chi connectivity index (χ1v) is 9.44. The average molecular weight is 348 g/mol. The van der Waals surface area contributed by atoms with Crippen molar-refractivity contribution < 1.29 is 14.3 Å². The van der Waals surface area contributed by atoms with Crippen LogP contribution in [0, 0.1) is 5.92 Å². The highest BCUT2D eigenvalue weighted by molar-refractivity contribution is 5.86. The van der Waals surface area contributed by atoms with Crippen LogP contribution < -0.4 is 10.1 Å². The Hall–Kier alpha value is -1.75. The van der Waals surface area contributed by atoms with Crippen molar-refractivity contribution in [2.24, 2.45) is 5.92 Å². The van der Waals surface area contributed by atoms with Gasteiger partial charge in [0.25, 0.3) is 0 Å². The van der Waals surface area contributed by atoms with Crippen LogP contribution in [0.2, 0.25) is 0 Å². The summed E-state index contributed by atoms with van der Waals surface area (Å²) in [5.41, 5.74) is 0.670. The van der Waals surface area contributed by atoms with E-state index < -0.39 is 0 Å². The van der Waals surface area contributed by atoms with Crippen LogP contribution in [0.15, 0.2) is 24.3 Å². The van der Waals surface area contributed by atoms with Crippen molar-refractivity contribution in [1.82, 2.24) is 4.90 Å². The van der Waals surface area contributed by atoms with Crippen molar-refractivity contribution in [2.75, 3.05) is 32.6 Å². The lowest BCUT2D eigenvalue weighted by molar-refractivity contribution is 0.0357. The molecule has 0 saturated heterocycles. The Balaban J connectivity index is 1.92. The third-order valence-electron chi connectivity index (χ3n) is 4.58. The molecule has 0 spiro atoms. The molecule has 1 aliphatic rings. The molecule has 0 bridgehead atoms. The standard InChI is InChI=1S/C20H32N2O3/c1-4-5-14-24-19-13-9-7-11-17(19)21-20(23)25-18-12-8-6-10-16(18)15-22(2)3/h7,9,11,13,16,18H,4-6,8,10,12,14-15H2,1-3H3,(H,21,23)/t16-,18+/m1/s1. The number of ether oxygens (including phenoxy) is 2.